The first-order valence-corrected chi connectivity index (χ1v) is 9.01. The van der Waals surface area contributed by atoms with Crippen LogP contribution in [0.1, 0.15) is 23.7 Å². The molecule has 0 fully saturated rings. The van der Waals surface area contributed by atoms with Gasteiger partial charge in [0.2, 0.25) is 12.7 Å². The van der Waals surface area contributed by atoms with Crippen LogP contribution in [0.3, 0.4) is 0 Å². The molecule has 0 unspecified atom stereocenters. The number of nitrogens with zero attached hydrogens (tertiary/aromatic N) is 2. The van der Waals surface area contributed by atoms with Crippen molar-refractivity contribution in [2.75, 3.05) is 18.7 Å². The summed E-state index contributed by atoms with van der Waals surface area (Å²) < 4.78 is 16.1. The quantitative estimate of drug-likeness (QED) is 0.650. The number of fused-ring (bicyclic) bond motifs is 1. The molecule has 3 aromatic rings. The minimum absolute atomic E-state index is 0.237. The fourth-order valence-corrected chi connectivity index (χ4v) is 2.86. The Balaban J connectivity index is 1.39. The van der Waals surface area contributed by atoms with Crippen molar-refractivity contribution in [3.63, 3.8) is 0 Å². The summed E-state index contributed by atoms with van der Waals surface area (Å²) in [5.74, 6) is 2.56. The molecule has 0 saturated carbocycles. The van der Waals surface area contributed by atoms with Crippen LogP contribution in [0.15, 0.2) is 47.3 Å². The van der Waals surface area contributed by atoms with Crippen LogP contribution in [0.2, 0.25) is 0 Å². The standard InChI is InChI=1S/C20H20N4O4/c1-2-26-15-6-3-13(4-7-15)9-16-19(25)22-20(24-23-16)21-11-14-5-8-17-18(10-14)28-12-27-17/h3-8,10H,2,9,11-12H2,1H3,(H2,21,22,24,25). The Kier molecular flexibility index (Phi) is 5.09. The summed E-state index contributed by atoms with van der Waals surface area (Å²) >= 11 is 0. The molecule has 28 heavy (non-hydrogen) atoms. The Morgan fingerprint density at radius 1 is 1.07 bits per heavy atom. The Morgan fingerprint density at radius 2 is 1.86 bits per heavy atom. The maximum Gasteiger partial charge on any atom is 0.274 e. The molecule has 144 valence electrons. The predicted molar refractivity (Wildman–Crippen MR) is 103 cm³/mol. The highest BCUT2D eigenvalue weighted by Crippen LogP contribution is 2.32. The van der Waals surface area contributed by atoms with E-state index in [2.05, 4.69) is 20.5 Å². The SMILES string of the molecule is CCOc1ccc(Cc2nnc(NCc3ccc4c(c3)OCO4)[nH]c2=O)cc1. The molecule has 8 heteroatoms. The molecule has 1 aliphatic rings. The van der Waals surface area contributed by atoms with Crippen molar-refractivity contribution >= 4 is 5.95 Å². The maximum atomic E-state index is 12.3. The van der Waals surface area contributed by atoms with Gasteiger partial charge in [-0.05, 0) is 42.3 Å². The van der Waals surface area contributed by atoms with Gasteiger partial charge in [-0.15, -0.1) is 10.2 Å². The molecular weight excluding hydrogens is 360 g/mol. The fraction of sp³-hybridized carbons (Fsp3) is 0.250. The third-order valence-electron chi connectivity index (χ3n) is 4.27. The summed E-state index contributed by atoms with van der Waals surface area (Å²) in [6, 6.07) is 13.3. The van der Waals surface area contributed by atoms with Gasteiger partial charge in [0.1, 0.15) is 11.4 Å². The number of aromatic amines is 1. The van der Waals surface area contributed by atoms with E-state index in [9.17, 15) is 4.79 Å². The zero-order valence-electron chi connectivity index (χ0n) is 15.4. The largest absolute Gasteiger partial charge is 0.494 e. The molecule has 0 amide bonds. The van der Waals surface area contributed by atoms with Crippen molar-refractivity contribution in [2.24, 2.45) is 0 Å². The van der Waals surface area contributed by atoms with Gasteiger partial charge in [0.05, 0.1) is 6.61 Å². The molecule has 0 radical (unpaired) electrons. The van der Waals surface area contributed by atoms with Crippen LogP contribution in [0.5, 0.6) is 17.2 Å². The molecule has 1 aromatic heterocycles. The summed E-state index contributed by atoms with van der Waals surface area (Å²) in [7, 11) is 0. The molecule has 0 atom stereocenters. The first-order chi connectivity index (χ1) is 13.7. The lowest BCUT2D eigenvalue weighted by molar-refractivity contribution is 0.174. The second-order valence-electron chi connectivity index (χ2n) is 6.24. The molecular formula is C20H20N4O4. The van der Waals surface area contributed by atoms with Gasteiger partial charge in [-0.3, -0.25) is 9.78 Å². The lowest BCUT2D eigenvalue weighted by Crippen LogP contribution is -2.19. The topological polar surface area (TPSA) is 98.4 Å². The minimum atomic E-state index is -0.267. The van der Waals surface area contributed by atoms with Gasteiger partial charge >= 0.3 is 0 Å². The molecule has 8 nitrogen and oxygen atoms in total. The molecule has 2 heterocycles. The number of hydrogen-bond acceptors (Lipinski definition) is 7. The van der Waals surface area contributed by atoms with Gasteiger partial charge in [-0.2, -0.15) is 0 Å². The highest BCUT2D eigenvalue weighted by Gasteiger charge is 2.13. The summed E-state index contributed by atoms with van der Waals surface area (Å²) in [6.07, 6.45) is 0.400. The smallest absolute Gasteiger partial charge is 0.274 e. The van der Waals surface area contributed by atoms with E-state index in [1.807, 2.05) is 49.4 Å². The number of rotatable bonds is 7. The molecule has 2 N–H and O–H groups in total. The summed E-state index contributed by atoms with van der Waals surface area (Å²) in [5.41, 5.74) is 2.03. The van der Waals surface area contributed by atoms with E-state index in [0.29, 0.717) is 37.0 Å². The van der Waals surface area contributed by atoms with E-state index in [4.69, 9.17) is 14.2 Å². The van der Waals surface area contributed by atoms with Crippen molar-refractivity contribution in [1.29, 1.82) is 0 Å². The number of ether oxygens (including phenoxy) is 3. The number of hydrogen-bond donors (Lipinski definition) is 2. The fourth-order valence-electron chi connectivity index (χ4n) is 2.86. The monoisotopic (exact) mass is 380 g/mol. The van der Waals surface area contributed by atoms with E-state index in [1.165, 1.54) is 0 Å². The molecule has 0 bridgehead atoms. The average Bonchev–Trinajstić information content (AvgIpc) is 3.18. The van der Waals surface area contributed by atoms with Crippen molar-refractivity contribution in [3.05, 3.63) is 69.6 Å². The Hall–Kier alpha value is -3.55. The van der Waals surface area contributed by atoms with Gasteiger partial charge in [0.25, 0.3) is 5.56 Å². The van der Waals surface area contributed by atoms with Crippen LogP contribution in [0, 0.1) is 0 Å². The zero-order chi connectivity index (χ0) is 19.3. The summed E-state index contributed by atoms with van der Waals surface area (Å²) in [5, 5.41) is 11.2. The second kappa shape index (κ2) is 7.99. The molecule has 0 spiro atoms. The maximum absolute atomic E-state index is 12.3. The normalized spacial score (nSPS) is 12.0. The van der Waals surface area contributed by atoms with Crippen molar-refractivity contribution < 1.29 is 14.2 Å². The summed E-state index contributed by atoms with van der Waals surface area (Å²) in [4.78, 5) is 15.0. The van der Waals surface area contributed by atoms with E-state index >= 15 is 0 Å². The van der Waals surface area contributed by atoms with Gasteiger partial charge in [0, 0.05) is 13.0 Å². The number of nitrogens with one attached hydrogen (secondary N) is 2. The minimum Gasteiger partial charge on any atom is -0.494 e. The summed E-state index contributed by atoms with van der Waals surface area (Å²) in [6.45, 7) is 3.26. The average molecular weight is 380 g/mol. The van der Waals surface area contributed by atoms with E-state index in [1.54, 1.807) is 0 Å². The third kappa shape index (κ3) is 4.06. The second-order valence-corrected chi connectivity index (χ2v) is 6.24. The lowest BCUT2D eigenvalue weighted by atomic mass is 10.1. The van der Waals surface area contributed by atoms with Gasteiger partial charge < -0.3 is 19.5 Å². The lowest BCUT2D eigenvalue weighted by Gasteiger charge is -2.07. The van der Waals surface area contributed by atoms with Crippen LogP contribution < -0.4 is 25.1 Å². The molecule has 0 saturated heterocycles. The van der Waals surface area contributed by atoms with Crippen LogP contribution in [-0.2, 0) is 13.0 Å². The zero-order valence-corrected chi connectivity index (χ0v) is 15.4. The molecule has 1 aliphatic heterocycles. The Morgan fingerprint density at radius 3 is 2.64 bits per heavy atom. The van der Waals surface area contributed by atoms with Gasteiger partial charge in [-0.1, -0.05) is 18.2 Å². The Bertz CT molecular complexity index is 1020. The highest BCUT2D eigenvalue weighted by atomic mass is 16.7. The first kappa shape index (κ1) is 17.8. The number of benzene rings is 2. The van der Waals surface area contributed by atoms with Gasteiger partial charge in [0.15, 0.2) is 11.5 Å². The number of anilines is 1. The van der Waals surface area contributed by atoms with Gasteiger partial charge in [-0.25, -0.2) is 0 Å². The molecule has 0 aliphatic carbocycles. The van der Waals surface area contributed by atoms with Crippen LogP contribution in [0.25, 0.3) is 0 Å². The van der Waals surface area contributed by atoms with Crippen molar-refractivity contribution in [3.8, 4) is 17.2 Å². The predicted octanol–water partition coefficient (Wildman–Crippen LogP) is 2.50. The van der Waals surface area contributed by atoms with E-state index in [-0.39, 0.29) is 12.4 Å². The molecule has 2 aromatic carbocycles. The number of H-pyrrole nitrogens is 1. The number of aromatic nitrogens is 3. The van der Waals surface area contributed by atoms with Crippen LogP contribution in [0.4, 0.5) is 5.95 Å². The van der Waals surface area contributed by atoms with Crippen molar-refractivity contribution in [1.82, 2.24) is 15.2 Å². The van der Waals surface area contributed by atoms with Crippen LogP contribution >= 0.6 is 0 Å². The Labute approximate surface area is 161 Å². The van der Waals surface area contributed by atoms with Crippen molar-refractivity contribution in [2.45, 2.75) is 19.9 Å². The van der Waals surface area contributed by atoms with E-state index in [0.717, 1.165) is 22.6 Å². The highest BCUT2D eigenvalue weighted by molar-refractivity contribution is 5.45. The third-order valence-corrected chi connectivity index (χ3v) is 4.27. The molecule has 4 rings (SSSR count). The van der Waals surface area contributed by atoms with E-state index < -0.39 is 0 Å². The first-order valence-electron chi connectivity index (χ1n) is 9.01. The van der Waals surface area contributed by atoms with Crippen LogP contribution in [-0.4, -0.2) is 28.6 Å².